The minimum atomic E-state index is -1.01. The number of nitrogens with two attached hydrogens (primary N) is 1. The van der Waals surface area contributed by atoms with E-state index in [4.69, 9.17) is 10.5 Å². The van der Waals surface area contributed by atoms with E-state index in [0.29, 0.717) is 19.3 Å². The lowest BCUT2D eigenvalue weighted by molar-refractivity contribution is -0.134. The molecule has 0 spiro atoms. The first-order chi connectivity index (χ1) is 20.2. The van der Waals surface area contributed by atoms with Crippen molar-refractivity contribution in [2.45, 2.75) is 57.1 Å². The second-order valence-electron chi connectivity index (χ2n) is 10.1. The smallest absolute Gasteiger partial charge is 0.243 e. The Morgan fingerprint density at radius 2 is 1.48 bits per heavy atom. The number of unbranched alkanes of at least 4 members (excludes halogenated alkanes) is 2. The summed E-state index contributed by atoms with van der Waals surface area (Å²) in [5.41, 5.74) is 6.00. The van der Waals surface area contributed by atoms with E-state index in [9.17, 15) is 28.8 Å². The zero-order valence-corrected chi connectivity index (χ0v) is 24.0. The van der Waals surface area contributed by atoms with E-state index in [0.717, 1.165) is 31.4 Å². The Labute approximate surface area is 245 Å². The van der Waals surface area contributed by atoms with Crippen LogP contribution in [0, 0.1) is 5.92 Å². The summed E-state index contributed by atoms with van der Waals surface area (Å²) < 4.78 is 5.45. The van der Waals surface area contributed by atoms with Crippen LogP contribution in [0.25, 0.3) is 0 Å². The average molecular weight is 590 g/mol. The molecular formula is C28H43N7O7. The fourth-order valence-electron chi connectivity index (χ4n) is 4.10. The van der Waals surface area contributed by atoms with Crippen LogP contribution in [0.15, 0.2) is 30.3 Å². The lowest BCUT2D eigenvalue weighted by Crippen LogP contribution is -2.52. The third-order valence-corrected chi connectivity index (χ3v) is 6.67. The predicted octanol–water partition coefficient (Wildman–Crippen LogP) is -1.80. The normalized spacial score (nSPS) is 16.3. The number of hydrogen-bond donors (Lipinski definition) is 7. The molecule has 0 unspecified atom stereocenters. The molecule has 1 fully saturated rings. The highest BCUT2D eigenvalue weighted by Gasteiger charge is 2.33. The summed E-state index contributed by atoms with van der Waals surface area (Å²) in [5.74, 6) is -3.04. The number of carbonyl (C=O) groups is 6. The number of amides is 6. The van der Waals surface area contributed by atoms with E-state index < -0.39 is 36.2 Å². The Bertz CT molecular complexity index is 1050. The first-order valence-corrected chi connectivity index (χ1v) is 14.1. The van der Waals surface area contributed by atoms with Crippen LogP contribution in [0.4, 0.5) is 0 Å². The quantitative estimate of drug-likeness (QED) is 0.0680. The second-order valence-corrected chi connectivity index (χ2v) is 10.1. The predicted molar refractivity (Wildman–Crippen MR) is 153 cm³/mol. The largest absolute Gasteiger partial charge is 0.369 e. The van der Waals surface area contributed by atoms with Crippen molar-refractivity contribution >= 4 is 35.4 Å². The van der Waals surface area contributed by atoms with Crippen molar-refractivity contribution in [2.75, 3.05) is 40.0 Å². The highest BCUT2D eigenvalue weighted by atomic mass is 16.5. The average Bonchev–Trinajstić information content (AvgIpc) is 2.94. The van der Waals surface area contributed by atoms with Gasteiger partial charge >= 0.3 is 0 Å². The lowest BCUT2D eigenvalue weighted by atomic mass is 9.82. The fourth-order valence-corrected chi connectivity index (χ4v) is 4.10. The minimum Gasteiger partial charge on any atom is -0.369 e. The Morgan fingerprint density at radius 3 is 2.17 bits per heavy atom. The van der Waals surface area contributed by atoms with E-state index in [1.54, 1.807) is 24.3 Å². The van der Waals surface area contributed by atoms with Gasteiger partial charge in [-0.3, -0.25) is 28.8 Å². The summed E-state index contributed by atoms with van der Waals surface area (Å²) in [6.45, 7) is -0.197. The van der Waals surface area contributed by atoms with E-state index in [1.807, 2.05) is 13.1 Å². The Hall–Kier alpha value is -4.04. The van der Waals surface area contributed by atoms with E-state index in [-0.39, 0.29) is 50.1 Å². The third-order valence-electron chi connectivity index (χ3n) is 6.67. The monoisotopic (exact) mass is 589 g/mol. The van der Waals surface area contributed by atoms with Crippen molar-refractivity contribution in [1.82, 2.24) is 31.9 Å². The van der Waals surface area contributed by atoms with Crippen molar-refractivity contribution in [2.24, 2.45) is 11.7 Å². The van der Waals surface area contributed by atoms with Crippen LogP contribution >= 0.6 is 0 Å². The summed E-state index contributed by atoms with van der Waals surface area (Å²) in [7, 11) is 1.87. The summed E-state index contributed by atoms with van der Waals surface area (Å²) in [5, 5.41) is 15.6. The van der Waals surface area contributed by atoms with E-state index in [2.05, 4.69) is 31.9 Å². The van der Waals surface area contributed by atoms with Gasteiger partial charge in [-0.05, 0) is 44.8 Å². The molecule has 1 aromatic carbocycles. The van der Waals surface area contributed by atoms with E-state index >= 15 is 0 Å². The zero-order valence-electron chi connectivity index (χ0n) is 24.0. The highest BCUT2D eigenvalue weighted by Crippen LogP contribution is 2.29. The number of carbonyl (C=O) groups excluding carboxylic acids is 6. The van der Waals surface area contributed by atoms with Crippen molar-refractivity contribution in [3.05, 3.63) is 35.9 Å². The maximum atomic E-state index is 12.9. The molecule has 1 aliphatic rings. The van der Waals surface area contributed by atoms with Gasteiger partial charge in [-0.15, -0.1) is 0 Å². The molecule has 1 atom stereocenters. The topological polar surface area (TPSA) is 210 Å². The van der Waals surface area contributed by atoms with Crippen LogP contribution < -0.4 is 37.6 Å². The van der Waals surface area contributed by atoms with E-state index in [1.165, 1.54) is 0 Å². The first kappa shape index (κ1) is 34.2. The van der Waals surface area contributed by atoms with Crippen molar-refractivity contribution < 1.29 is 33.5 Å². The van der Waals surface area contributed by atoms with Gasteiger partial charge in [0.1, 0.15) is 12.8 Å². The van der Waals surface area contributed by atoms with Crippen LogP contribution in [0.3, 0.4) is 0 Å². The molecule has 8 N–H and O–H groups in total. The number of nitrogens with one attached hydrogen (secondary N) is 6. The van der Waals surface area contributed by atoms with Gasteiger partial charge in [0.2, 0.25) is 35.4 Å². The molecule has 0 saturated heterocycles. The van der Waals surface area contributed by atoms with Gasteiger partial charge in [0.15, 0.2) is 0 Å². The molecule has 1 saturated carbocycles. The van der Waals surface area contributed by atoms with Crippen LogP contribution in [0.1, 0.15) is 44.1 Å². The summed E-state index contributed by atoms with van der Waals surface area (Å²) in [4.78, 5) is 72.6. The van der Waals surface area contributed by atoms with Gasteiger partial charge < -0.3 is 42.4 Å². The number of hydrogen-bond acceptors (Lipinski definition) is 8. The van der Waals surface area contributed by atoms with Crippen LogP contribution in [-0.2, 0) is 39.9 Å². The molecule has 6 amide bonds. The van der Waals surface area contributed by atoms with Gasteiger partial charge in [0.05, 0.1) is 25.7 Å². The minimum absolute atomic E-state index is 0.0775. The van der Waals surface area contributed by atoms with Crippen molar-refractivity contribution in [3.8, 4) is 0 Å². The first-order valence-electron chi connectivity index (χ1n) is 14.1. The molecule has 232 valence electrons. The van der Waals surface area contributed by atoms with Crippen LogP contribution in [-0.4, -0.2) is 87.5 Å². The standard InChI is InChI=1S/C28H43N7O7/c1-30-11-7-3-6-10-23(36)31-15-24(37)32-17-26(39)35-22(12-19-8-4-2-5-9-19)28(41)33-16-25(38)34-18-42-21-13-20(14-21)27(29)40/h2,4-5,8-9,20-22,30H,3,6-7,10-18H2,1H3,(H2,29,40)(H,31,36)(H,32,37)(H,33,41)(H,34,38)(H,35,39)/t20-,21+,22-/m0/s1. The molecule has 0 aromatic heterocycles. The SMILES string of the molecule is CNCCCCCC(=O)NCC(=O)NCC(=O)N[C@@H](Cc1ccccc1)C(=O)NCC(=O)NCO[C@H]1C[C@@H](C(N)=O)C1. The Balaban J connectivity index is 1.72. The summed E-state index contributed by atoms with van der Waals surface area (Å²) in [6.07, 6.45) is 3.92. The molecule has 1 aromatic rings. The lowest BCUT2D eigenvalue weighted by Gasteiger charge is -2.32. The molecule has 0 bridgehead atoms. The van der Waals surface area contributed by atoms with Crippen LogP contribution in [0.2, 0.25) is 0 Å². The molecule has 14 heteroatoms. The van der Waals surface area contributed by atoms with Gasteiger partial charge in [-0.2, -0.15) is 0 Å². The molecular weight excluding hydrogens is 546 g/mol. The van der Waals surface area contributed by atoms with Crippen molar-refractivity contribution in [3.63, 3.8) is 0 Å². The molecule has 0 heterocycles. The molecule has 14 nitrogen and oxygen atoms in total. The van der Waals surface area contributed by atoms with Gasteiger partial charge in [0, 0.05) is 18.8 Å². The van der Waals surface area contributed by atoms with Crippen LogP contribution in [0.5, 0.6) is 0 Å². The summed E-state index contributed by atoms with van der Waals surface area (Å²) in [6, 6.07) is 7.99. The number of ether oxygens (including phenoxy) is 1. The molecule has 2 rings (SSSR count). The van der Waals surface area contributed by atoms with Crippen molar-refractivity contribution in [1.29, 1.82) is 0 Å². The number of rotatable bonds is 20. The van der Waals surface area contributed by atoms with Gasteiger partial charge in [-0.1, -0.05) is 36.8 Å². The third kappa shape index (κ3) is 14.0. The zero-order chi connectivity index (χ0) is 30.7. The highest BCUT2D eigenvalue weighted by molar-refractivity contribution is 5.92. The second kappa shape index (κ2) is 19.1. The Morgan fingerprint density at radius 1 is 0.833 bits per heavy atom. The summed E-state index contributed by atoms with van der Waals surface area (Å²) >= 11 is 0. The fraction of sp³-hybridized carbons (Fsp3) is 0.571. The number of primary amides is 1. The molecule has 0 radical (unpaired) electrons. The van der Waals surface area contributed by atoms with Gasteiger partial charge in [0.25, 0.3) is 0 Å². The molecule has 42 heavy (non-hydrogen) atoms. The Kier molecular flexibility index (Phi) is 15.6. The van der Waals surface area contributed by atoms with Gasteiger partial charge in [-0.25, -0.2) is 0 Å². The molecule has 0 aliphatic heterocycles. The maximum absolute atomic E-state index is 12.9. The maximum Gasteiger partial charge on any atom is 0.243 e. The number of benzene rings is 1. The molecule has 1 aliphatic carbocycles.